The Hall–Kier alpha value is -2.58. The van der Waals surface area contributed by atoms with Gasteiger partial charge in [-0.3, -0.25) is 9.20 Å². The quantitative estimate of drug-likeness (QED) is 0.750. The van der Waals surface area contributed by atoms with Gasteiger partial charge in [-0.15, -0.1) is 17.8 Å². The minimum Gasteiger partial charge on any atom is -0.379 e. The molecule has 2 heterocycles. The van der Waals surface area contributed by atoms with Crippen LogP contribution in [-0.4, -0.2) is 9.38 Å². The maximum absolute atomic E-state index is 11.8. The van der Waals surface area contributed by atoms with Crippen molar-refractivity contribution in [1.29, 1.82) is 0 Å². The predicted molar refractivity (Wildman–Crippen MR) is 81.0 cm³/mol. The topological polar surface area (TPSA) is 46.4 Å². The fourth-order valence-electron chi connectivity index (χ4n) is 1.89. The number of nitrogens with one attached hydrogen (secondary N) is 1. The van der Waals surface area contributed by atoms with E-state index in [1.54, 1.807) is 6.20 Å². The number of nitrogens with zero attached hydrogens (tertiary/aromatic N) is 2. The number of thiazole rings is 1. The van der Waals surface area contributed by atoms with Crippen LogP contribution in [0.4, 0.5) is 5.69 Å². The van der Waals surface area contributed by atoms with Gasteiger partial charge in [-0.05, 0) is 18.2 Å². The zero-order chi connectivity index (χ0) is 13.9. The van der Waals surface area contributed by atoms with Gasteiger partial charge in [0.05, 0.1) is 12.2 Å². The zero-order valence-corrected chi connectivity index (χ0v) is 11.4. The van der Waals surface area contributed by atoms with Crippen LogP contribution in [-0.2, 0) is 6.54 Å². The molecule has 0 aliphatic rings. The zero-order valence-electron chi connectivity index (χ0n) is 10.5. The van der Waals surface area contributed by atoms with E-state index in [2.05, 4.69) is 16.2 Å². The van der Waals surface area contributed by atoms with Crippen molar-refractivity contribution in [3.05, 3.63) is 63.5 Å². The largest absolute Gasteiger partial charge is 0.379 e. The minimum absolute atomic E-state index is 0.0644. The summed E-state index contributed by atoms with van der Waals surface area (Å²) in [5.74, 6) is 2.59. The fourth-order valence-corrected chi connectivity index (χ4v) is 2.63. The van der Waals surface area contributed by atoms with E-state index in [1.807, 2.05) is 29.6 Å². The van der Waals surface area contributed by atoms with Crippen LogP contribution in [0, 0.1) is 12.3 Å². The molecule has 4 nitrogen and oxygen atoms in total. The Morgan fingerprint density at radius 3 is 3.15 bits per heavy atom. The summed E-state index contributed by atoms with van der Waals surface area (Å²) in [6.07, 6.45) is 7.09. The highest BCUT2D eigenvalue weighted by molar-refractivity contribution is 7.15. The molecule has 0 spiro atoms. The van der Waals surface area contributed by atoms with Crippen LogP contribution in [0.1, 0.15) is 11.3 Å². The molecule has 0 bridgehead atoms. The summed E-state index contributed by atoms with van der Waals surface area (Å²) >= 11 is 1.44. The summed E-state index contributed by atoms with van der Waals surface area (Å²) in [5.41, 5.74) is 2.37. The average Bonchev–Trinajstić information content (AvgIpc) is 2.94. The summed E-state index contributed by atoms with van der Waals surface area (Å²) in [7, 11) is 0. The molecule has 98 valence electrons. The molecule has 3 rings (SSSR count). The lowest BCUT2D eigenvalue weighted by molar-refractivity contribution is 0.990. The Morgan fingerprint density at radius 2 is 2.30 bits per heavy atom. The first-order valence-corrected chi connectivity index (χ1v) is 6.90. The molecule has 1 N–H and O–H groups in total. The van der Waals surface area contributed by atoms with Crippen LogP contribution in [0.3, 0.4) is 0 Å². The molecule has 3 aromatic rings. The van der Waals surface area contributed by atoms with Gasteiger partial charge in [0.15, 0.2) is 4.96 Å². The van der Waals surface area contributed by atoms with Gasteiger partial charge in [-0.2, -0.15) is 0 Å². The Morgan fingerprint density at radius 1 is 1.40 bits per heavy atom. The lowest BCUT2D eigenvalue weighted by Crippen LogP contribution is -2.14. The summed E-state index contributed by atoms with van der Waals surface area (Å²) in [6, 6.07) is 9.11. The highest BCUT2D eigenvalue weighted by Crippen LogP contribution is 2.12. The number of benzene rings is 1. The standard InChI is InChI=1S/C15H11N3OS/c1-2-11-4-3-5-12(8-11)16-10-13-9-14(19)18-6-7-20-15(18)17-13/h1,3-9,16H,10H2. The molecule has 5 heteroatoms. The van der Waals surface area contributed by atoms with Gasteiger partial charge in [0, 0.05) is 28.9 Å². The van der Waals surface area contributed by atoms with Crippen molar-refractivity contribution in [2.75, 3.05) is 5.32 Å². The van der Waals surface area contributed by atoms with Crippen molar-refractivity contribution < 1.29 is 0 Å². The van der Waals surface area contributed by atoms with Crippen molar-refractivity contribution in [2.24, 2.45) is 0 Å². The van der Waals surface area contributed by atoms with Gasteiger partial charge in [-0.25, -0.2) is 4.98 Å². The van der Waals surface area contributed by atoms with E-state index in [0.29, 0.717) is 17.2 Å². The van der Waals surface area contributed by atoms with Gasteiger partial charge in [0.2, 0.25) is 0 Å². The van der Waals surface area contributed by atoms with Crippen molar-refractivity contribution in [1.82, 2.24) is 9.38 Å². The first-order chi connectivity index (χ1) is 9.76. The second-order valence-corrected chi connectivity index (χ2v) is 5.09. The molecular formula is C15H11N3OS. The molecule has 0 aliphatic heterocycles. The number of fused-ring (bicyclic) bond motifs is 1. The van der Waals surface area contributed by atoms with Crippen molar-refractivity contribution in [2.45, 2.75) is 6.54 Å². The summed E-state index contributed by atoms with van der Waals surface area (Å²) in [5, 5.41) is 5.06. The van der Waals surface area contributed by atoms with E-state index in [0.717, 1.165) is 11.3 Å². The van der Waals surface area contributed by atoms with E-state index >= 15 is 0 Å². The molecule has 0 radical (unpaired) electrons. The van der Waals surface area contributed by atoms with Crippen molar-refractivity contribution in [3.63, 3.8) is 0 Å². The Labute approximate surface area is 119 Å². The number of anilines is 1. The van der Waals surface area contributed by atoms with Gasteiger partial charge < -0.3 is 5.32 Å². The predicted octanol–water partition coefficient (Wildman–Crippen LogP) is 2.35. The third-order valence-corrected chi connectivity index (χ3v) is 3.62. The monoisotopic (exact) mass is 281 g/mol. The minimum atomic E-state index is -0.0644. The summed E-state index contributed by atoms with van der Waals surface area (Å²) in [4.78, 5) is 17.0. The normalized spacial score (nSPS) is 10.3. The second-order valence-electron chi connectivity index (χ2n) is 4.22. The number of hydrogen-bond acceptors (Lipinski definition) is 4. The van der Waals surface area contributed by atoms with Crippen LogP contribution >= 0.6 is 11.3 Å². The average molecular weight is 281 g/mol. The molecule has 20 heavy (non-hydrogen) atoms. The van der Waals surface area contributed by atoms with E-state index in [9.17, 15) is 4.79 Å². The van der Waals surface area contributed by atoms with Crippen LogP contribution in [0.2, 0.25) is 0 Å². The SMILES string of the molecule is C#Cc1cccc(NCc2cc(=O)n3ccsc3n2)c1. The molecule has 0 saturated heterocycles. The van der Waals surface area contributed by atoms with Gasteiger partial charge in [-0.1, -0.05) is 12.0 Å². The molecule has 1 aromatic carbocycles. The lowest BCUT2D eigenvalue weighted by Gasteiger charge is -2.06. The second kappa shape index (κ2) is 5.19. The van der Waals surface area contributed by atoms with Crippen LogP contribution in [0.25, 0.3) is 4.96 Å². The number of aromatic nitrogens is 2. The molecule has 0 fully saturated rings. The maximum atomic E-state index is 11.8. The van der Waals surface area contributed by atoms with E-state index in [-0.39, 0.29) is 5.56 Å². The molecule has 0 saturated carbocycles. The van der Waals surface area contributed by atoms with E-state index in [4.69, 9.17) is 6.42 Å². The van der Waals surface area contributed by atoms with Crippen LogP contribution < -0.4 is 10.9 Å². The maximum Gasteiger partial charge on any atom is 0.258 e. The van der Waals surface area contributed by atoms with Gasteiger partial charge in [0.25, 0.3) is 5.56 Å². The number of hydrogen-bond donors (Lipinski definition) is 1. The van der Waals surface area contributed by atoms with Crippen molar-refractivity contribution >= 4 is 22.0 Å². The molecule has 0 aliphatic carbocycles. The first kappa shape index (κ1) is 12.5. The molecule has 0 atom stereocenters. The Balaban J connectivity index is 1.83. The van der Waals surface area contributed by atoms with Gasteiger partial charge >= 0.3 is 0 Å². The summed E-state index contributed by atoms with van der Waals surface area (Å²) < 4.78 is 1.53. The van der Waals surface area contributed by atoms with E-state index < -0.39 is 0 Å². The molecule has 0 amide bonds. The molecular weight excluding hydrogens is 270 g/mol. The third kappa shape index (κ3) is 2.42. The molecule has 0 unspecified atom stereocenters. The smallest absolute Gasteiger partial charge is 0.258 e. The van der Waals surface area contributed by atoms with Crippen LogP contribution in [0.5, 0.6) is 0 Å². The third-order valence-electron chi connectivity index (χ3n) is 2.86. The first-order valence-electron chi connectivity index (χ1n) is 6.02. The van der Waals surface area contributed by atoms with E-state index in [1.165, 1.54) is 21.8 Å². The van der Waals surface area contributed by atoms with Crippen LogP contribution in [0.15, 0.2) is 46.7 Å². The Bertz CT molecular complexity index is 857. The number of rotatable bonds is 3. The molecule has 2 aromatic heterocycles. The van der Waals surface area contributed by atoms with Crippen molar-refractivity contribution in [3.8, 4) is 12.3 Å². The number of terminal acetylenes is 1. The highest BCUT2D eigenvalue weighted by atomic mass is 32.1. The summed E-state index contributed by atoms with van der Waals surface area (Å²) in [6.45, 7) is 0.484. The highest BCUT2D eigenvalue weighted by Gasteiger charge is 2.03. The van der Waals surface area contributed by atoms with Gasteiger partial charge in [0.1, 0.15) is 0 Å². The Kier molecular flexibility index (Phi) is 3.23. The lowest BCUT2D eigenvalue weighted by atomic mass is 10.2. The fraction of sp³-hybridized carbons (Fsp3) is 0.0667.